The van der Waals surface area contributed by atoms with Gasteiger partial charge in [0, 0.05) is 0 Å². The number of aliphatic hydroxyl groups is 1. The van der Waals surface area contributed by atoms with Gasteiger partial charge in [-0.3, -0.25) is 37.0 Å². The number of anilines is 2. The SMILES string of the molecule is Nc1nc2c(ncn2[C@@H]2O[C@@]34CO[C@@H]2[C@@H]3O[P@](=O)(S)OC[C@H]2O[C@@H](n3cnc5c(N)ncnc53)[C@H](O)[C@@H]2O[P@@](=O)(S)OC4)c(=O)[nH]1. The highest BCUT2D eigenvalue weighted by atomic mass is 32.7. The highest BCUT2D eigenvalue weighted by molar-refractivity contribution is 8.44. The molecule has 8 rings (SSSR count). The Balaban J connectivity index is 1.11. The second kappa shape index (κ2) is 10.7. The van der Waals surface area contributed by atoms with Crippen molar-refractivity contribution < 1.29 is 46.5 Å². The van der Waals surface area contributed by atoms with Gasteiger partial charge in [-0.2, -0.15) is 4.98 Å². The Morgan fingerprint density at radius 3 is 2.50 bits per heavy atom. The van der Waals surface area contributed by atoms with E-state index < -0.39 is 80.9 Å². The Labute approximate surface area is 266 Å². The van der Waals surface area contributed by atoms with Crippen LogP contribution in [0.25, 0.3) is 22.3 Å². The normalized spacial score (nSPS) is 39.7. The van der Waals surface area contributed by atoms with E-state index in [2.05, 4.69) is 54.4 Å². The smallest absolute Gasteiger partial charge is 0.386 e. The first-order valence-electron chi connectivity index (χ1n) is 13.4. The molecule has 4 aromatic rings. The number of nitrogens with two attached hydrogens (primary N) is 2. The largest absolute Gasteiger partial charge is 0.386 e. The van der Waals surface area contributed by atoms with E-state index in [9.17, 15) is 19.0 Å². The molecule has 4 saturated heterocycles. The Kier molecular flexibility index (Phi) is 7.11. The zero-order chi connectivity index (χ0) is 32.2. The van der Waals surface area contributed by atoms with Crippen molar-refractivity contribution in [2.75, 3.05) is 31.3 Å². The van der Waals surface area contributed by atoms with Crippen LogP contribution < -0.4 is 17.0 Å². The molecule has 21 nitrogen and oxygen atoms in total. The van der Waals surface area contributed by atoms with E-state index in [4.69, 9.17) is 43.8 Å². The summed E-state index contributed by atoms with van der Waals surface area (Å²) >= 11 is 8.33. The number of nitrogens with zero attached hydrogens (tertiary/aromatic N) is 7. The molecule has 4 fully saturated rings. The summed E-state index contributed by atoms with van der Waals surface area (Å²) in [5.74, 6) is -0.0588. The fourth-order valence-electron chi connectivity index (χ4n) is 5.99. The summed E-state index contributed by atoms with van der Waals surface area (Å²) in [4.78, 5) is 35.2. The Bertz CT molecular complexity index is 2030. The van der Waals surface area contributed by atoms with Gasteiger partial charge in [0.05, 0.1) is 32.5 Å². The third-order valence-electron chi connectivity index (χ3n) is 8.04. The summed E-state index contributed by atoms with van der Waals surface area (Å²) in [7, 11) is 0. The van der Waals surface area contributed by atoms with E-state index in [1.807, 2.05) is 0 Å². The minimum Gasteiger partial charge on any atom is -0.386 e. The number of aromatic amines is 1. The van der Waals surface area contributed by atoms with Gasteiger partial charge in [-0.1, -0.05) is 24.5 Å². The highest BCUT2D eigenvalue weighted by Crippen LogP contribution is 2.63. The van der Waals surface area contributed by atoms with Crippen LogP contribution in [0.2, 0.25) is 0 Å². The van der Waals surface area contributed by atoms with E-state index in [1.165, 1.54) is 28.1 Å². The molecule has 0 aliphatic carbocycles. The van der Waals surface area contributed by atoms with Crippen LogP contribution in [-0.4, -0.2) is 100 Å². The molecule has 4 aromatic heterocycles. The van der Waals surface area contributed by atoms with Gasteiger partial charge in [0.25, 0.3) is 5.56 Å². The molecular weight excluding hydrogens is 694 g/mol. The first-order chi connectivity index (χ1) is 21.8. The second-order valence-electron chi connectivity index (χ2n) is 10.9. The third kappa shape index (κ3) is 4.89. The summed E-state index contributed by atoms with van der Waals surface area (Å²) < 4.78 is 71.3. The molecule has 8 heterocycles. The maximum atomic E-state index is 13.6. The number of H-pyrrole nitrogens is 1. The molecule has 0 amide bonds. The molecule has 4 aliphatic rings. The monoisotopic (exact) mass is 718 g/mol. The van der Waals surface area contributed by atoms with Crippen LogP contribution in [0.15, 0.2) is 23.8 Å². The zero-order valence-electron chi connectivity index (χ0n) is 23.0. The van der Waals surface area contributed by atoms with Crippen LogP contribution in [0.1, 0.15) is 12.5 Å². The number of hydrogen-bond donors (Lipinski definition) is 6. The lowest BCUT2D eigenvalue weighted by Crippen LogP contribution is -2.46. The summed E-state index contributed by atoms with van der Waals surface area (Å²) in [5, 5.41) is 11.3. The number of imidazole rings is 2. The molecule has 25 heteroatoms. The molecule has 46 heavy (non-hydrogen) atoms. The summed E-state index contributed by atoms with van der Waals surface area (Å²) in [6.45, 7) is -9.73. The number of nitrogen functional groups attached to an aromatic ring is 2. The van der Waals surface area contributed by atoms with Crippen LogP contribution in [0.3, 0.4) is 0 Å². The number of rotatable bonds is 2. The average molecular weight is 719 g/mol. The van der Waals surface area contributed by atoms with Gasteiger partial charge in [0.2, 0.25) is 5.95 Å². The first kappa shape index (κ1) is 30.7. The second-order valence-corrected chi connectivity index (χ2v) is 16.6. The van der Waals surface area contributed by atoms with E-state index >= 15 is 0 Å². The molecular formula is C21H24N10O11P2S2. The summed E-state index contributed by atoms with van der Waals surface area (Å²) in [6, 6.07) is 0. The van der Waals surface area contributed by atoms with Crippen LogP contribution >= 0.6 is 38.1 Å². The van der Waals surface area contributed by atoms with Gasteiger partial charge >= 0.3 is 13.6 Å². The van der Waals surface area contributed by atoms with Gasteiger partial charge in [-0.15, -0.1) is 0 Å². The lowest BCUT2D eigenvalue weighted by Gasteiger charge is -2.33. The number of aliphatic hydroxyl groups excluding tert-OH is 1. The van der Waals surface area contributed by atoms with E-state index in [0.29, 0.717) is 0 Å². The van der Waals surface area contributed by atoms with Gasteiger partial charge in [-0.05, 0) is 0 Å². The van der Waals surface area contributed by atoms with Crippen molar-refractivity contribution in [3.8, 4) is 0 Å². The quantitative estimate of drug-likeness (QED) is 0.117. The van der Waals surface area contributed by atoms with E-state index in [0.717, 1.165) is 0 Å². The number of thiol groups is 2. The summed E-state index contributed by atoms with van der Waals surface area (Å²) in [5.41, 5.74) is 10.1. The van der Waals surface area contributed by atoms with Crippen LogP contribution in [-0.2, 0) is 41.4 Å². The highest BCUT2D eigenvalue weighted by Gasteiger charge is 2.66. The first-order valence-corrected chi connectivity index (χ1v) is 18.8. The third-order valence-corrected chi connectivity index (χ3v) is 11.2. The average Bonchev–Trinajstić information content (AvgIpc) is 3.80. The molecule has 6 N–H and O–H groups in total. The molecule has 0 saturated carbocycles. The Morgan fingerprint density at radius 1 is 0.957 bits per heavy atom. The molecule has 0 radical (unpaired) electrons. The lowest BCUT2D eigenvalue weighted by molar-refractivity contribution is -0.183. The van der Waals surface area contributed by atoms with Gasteiger partial charge in [-0.25, -0.2) is 29.1 Å². The maximum absolute atomic E-state index is 13.6. The number of hydrogen-bond acceptors (Lipinski definition) is 18. The van der Waals surface area contributed by atoms with Crippen molar-refractivity contribution in [1.29, 1.82) is 0 Å². The zero-order valence-corrected chi connectivity index (χ0v) is 26.6. The Morgan fingerprint density at radius 2 is 1.70 bits per heavy atom. The molecule has 246 valence electrons. The molecule has 0 aromatic carbocycles. The fourth-order valence-corrected chi connectivity index (χ4v) is 9.00. The minimum atomic E-state index is -4.30. The van der Waals surface area contributed by atoms with Crippen LogP contribution in [0.5, 0.6) is 0 Å². The summed E-state index contributed by atoms with van der Waals surface area (Å²) in [6.07, 6.45) is -4.64. The minimum absolute atomic E-state index is 0.0197. The van der Waals surface area contributed by atoms with Crippen LogP contribution in [0.4, 0.5) is 11.8 Å². The molecule has 0 unspecified atom stereocenters. The van der Waals surface area contributed by atoms with Crippen molar-refractivity contribution in [1.82, 2.24) is 39.0 Å². The van der Waals surface area contributed by atoms with Gasteiger partial charge < -0.3 is 30.8 Å². The van der Waals surface area contributed by atoms with E-state index in [1.54, 1.807) is 0 Å². The topological polar surface area (TPSA) is 278 Å². The van der Waals surface area contributed by atoms with Crippen molar-refractivity contribution in [3.05, 3.63) is 29.3 Å². The molecule has 2 bridgehead atoms. The lowest BCUT2D eigenvalue weighted by atomic mass is 10.0. The van der Waals surface area contributed by atoms with E-state index in [-0.39, 0.29) is 40.7 Å². The Hall–Kier alpha value is -2.66. The van der Waals surface area contributed by atoms with Crippen molar-refractivity contribution in [2.45, 2.75) is 48.6 Å². The number of aromatic nitrogens is 8. The number of fused-ring (bicyclic) bond motifs is 3. The molecule has 4 aliphatic heterocycles. The molecule has 10 atom stereocenters. The maximum Gasteiger partial charge on any atom is 0.386 e. The van der Waals surface area contributed by atoms with Crippen LogP contribution in [0, 0.1) is 0 Å². The predicted molar refractivity (Wildman–Crippen MR) is 160 cm³/mol. The van der Waals surface area contributed by atoms with Crippen molar-refractivity contribution in [2.24, 2.45) is 0 Å². The molecule has 0 spiro atoms. The van der Waals surface area contributed by atoms with Gasteiger partial charge in [0.1, 0.15) is 48.0 Å². The predicted octanol–water partition coefficient (Wildman–Crippen LogP) is -0.0584. The number of ether oxygens (including phenoxy) is 3. The van der Waals surface area contributed by atoms with Crippen molar-refractivity contribution in [3.63, 3.8) is 0 Å². The van der Waals surface area contributed by atoms with Crippen molar-refractivity contribution >= 4 is 72.2 Å². The van der Waals surface area contributed by atoms with Gasteiger partial charge in [0.15, 0.2) is 35.1 Å². The number of nitrogens with one attached hydrogen (secondary N) is 1. The fraction of sp³-hybridized carbons (Fsp3) is 0.524. The standard InChI is InChI=1S/C21H24N10O11P2S2/c22-14-8-15(25-4-24-14)30(5-26-8)18-10(32)11-7(39-18)1-37-43(34,45)42-13-12-19(31-6-27-9-16(31)28-20(23)29-17(9)33)40-21(13,2-36-12)3-38-44(35,46)41-11/h4-7,10-13,18-19,32H,1-3H2,(H,34,45)(H,35,46)(H2,22,24,25)(H3,23,28,29,33)/t7-,10-,11-,12-,13+,18-,19-,21-,43-,44+/m1/s1.